The Kier molecular flexibility index (Phi) is 3.23. The van der Waals surface area contributed by atoms with E-state index in [1.165, 1.54) is 11.5 Å². The Labute approximate surface area is 114 Å². The predicted octanol–water partition coefficient (Wildman–Crippen LogP) is 3.34. The fourth-order valence-corrected chi connectivity index (χ4v) is 2.71. The predicted molar refractivity (Wildman–Crippen MR) is 76.5 cm³/mol. The van der Waals surface area contributed by atoms with Crippen molar-refractivity contribution in [1.82, 2.24) is 4.37 Å². The number of benzene rings is 1. The van der Waals surface area contributed by atoms with Gasteiger partial charge in [0, 0.05) is 11.9 Å². The van der Waals surface area contributed by atoms with Gasteiger partial charge in [-0.15, -0.1) is 0 Å². The van der Waals surface area contributed by atoms with Gasteiger partial charge < -0.3 is 14.8 Å². The summed E-state index contributed by atoms with van der Waals surface area (Å²) in [6.07, 6.45) is -0.658. The van der Waals surface area contributed by atoms with Crippen molar-refractivity contribution in [2.75, 3.05) is 11.9 Å². The van der Waals surface area contributed by atoms with E-state index in [0.29, 0.717) is 12.3 Å². The summed E-state index contributed by atoms with van der Waals surface area (Å²) in [5, 5.41) is 15.3. The molecule has 2 heterocycles. The maximum atomic E-state index is 10.0. The van der Waals surface area contributed by atoms with Crippen LogP contribution < -0.4 is 5.32 Å². The molecule has 0 amide bonds. The second-order valence-electron chi connectivity index (χ2n) is 4.37. The van der Waals surface area contributed by atoms with Crippen molar-refractivity contribution in [1.29, 1.82) is 0 Å². The van der Waals surface area contributed by atoms with E-state index in [0.717, 1.165) is 21.7 Å². The van der Waals surface area contributed by atoms with Gasteiger partial charge in [-0.3, -0.25) is 0 Å². The van der Waals surface area contributed by atoms with Gasteiger partial charge in [0.25, 0.3) is 0 Å². The maximum Gasteiger partial charge on any atom is 0.134 e. The summed E-state index contributed by atoms with van der Waals surface area (Å²) in [6.45, 7) is 2.26. The molecule has 1 aromatic carbocycles. The number of aliphatic hydroxyl groups excluding tert-OH is 1. The summed E-state index contributed by atoms with van der Waals surface area (Å²) in [5.74, 6) is 1.39. The molecule has 0 aliphatic heterocycles. The molecule has 1 atom stereocenters. The maximum absolute atomic E-state index is 10.0. The first-order valence-corrected chi connectivity index (χ1v) is 6.84. The van der Waals surface area contributed by atoms with Gasteiger partial charge in [-0.25, -0.2) is 0 Å². The van der Waals surface area contributed by atoms with Crippen molar-refractivity contribution in [2.45, 2.75) is 13.0 Å². The number of furan rings is 1. The number of hydrogen-bond donors (Lipinski definition) is 2. The van der Waals surface area contributed by atoms with Crippen LogP contribution in [-0.4, -0.2) is 16.0 Å². The van der Waals surface area contributed by atoms with E-state index in [2.05, 4.69) is 9.69 Å². The number of nitrogens with zero attached hydrogens (tertiary/aromatic N) is 1. The summed E-state index contributed by atoms with van der Waals surface area (Å²) in [4.78, 5) is 0. The van der Waals surface area contributed by atoms with E-state index in [-0.39, 0.29) is 0 Å². The number of nitrogens with one attached hydrogen (secondary N) is 1. The van der Waals surface area contributed by atoms with Crippen LogP contribution in [0.1, 0.15) is 17.6 Å². The number of hydrogen-bond acceptors (Lipinski definition) is 5. The summed E-state index contributed by atoms with van der Waals surface area (Å²) in [7, 11) is 0. The lowest BCUT2D eigenvalue weighted by molar-refractivity contribution is 0.161. The van der Waals surface area contributed by atoms with E-state index in [1.54, 1.807) is 6.07 Å². The van der Waals surface area contributed by atoms with Crippen LogP contribution in [0.2, 0.25) is 0 Å². The molecule has 2 aromatic heterocycles. The van der Waals surface area contributed by atoms with Crippen LogP contribution in [0.3, 0.4) is 0 Å². The first kappa shape index (κ1) is 12.2. The smallest absolute Gasteiger partial charge is 0.134 e. The lowest BCUT2D eigenvalue weighted by atomic mass is 10.2. The van der Waals surface area contributed by atoms with Gasteiger partial charge in [0.05, 0.1) is 5.52 Å². The minimum atomic E-state index is -0.658. The molecular formula is C14H14N2O2S. The molecule has 0 aliphatic carbocycles. The molecule has 0 aliphatic rings. The van der Waals surface area contributed by atoms with Gasteiger partial charge in [-0.2, -0.15) is 4.37 Å². The molecule has 0 saturated heterocycles. The van der Waals surface area contributed by atoms with Crippen molar-refractivity contribution in [3.05, 3.63) is 47.9 Å². The normalized spacial score (nSPS) is 12.7. The van der Waals surface area contributed by atoms with Crippen LogP contribution in [-0.2, 0) is 0 Å². The van der Waals surface area contributed by atoms with Crippen LogP contribution in [0.15, 0.2) is 40.8 Å². The molecule has 98 valence electrons. The van der Waals surface area contributed by atoms with Gasteiger partial charge >= 0.3 is 0 Å². The fourth-order valence-electron chi connectivity index (χ4n) is 1.94. The molecule has 0 radical (unpaired) electrons. The standard InChI is InChI=1S/C14H14N2O2S/c1-9-6-7-13(18-9)12(17)8-15-14-10-4-2-3-5-11(10)16-19-14/h2-7,12,15,17H,8H2,1H3. The zero-order valence-corrected chi connectivity index (χ0v) is 11.3. The zero-order valence-electron chi connectivity index (χ0n) is 10.5. The summed E-state index contributed by atoms with van der Waals surface area (Å²) in [6, 6.07) is 11.6. The van der Waals surface area contributed by atoms with Crippen molar-refractivity contribution >= 4 is 27.4 Å². The van der Waals surface area contributed by atoms with Gasteiger partial charge in [0.15, 0.2) is 0 Å². The average molecular weight is 274 g/mol. The van der Waals surface area contributed by atoms with Gasteiger partial charge in [0.1, 0.15) is 22.6 Å². The minimum Gasteiger partial charge on any atom is -0.464 e. The molecule has 1 unspecified atom stereocenters. The summed E-state index contributed by atoms with van der Waals surface area (Å²) < 4.78 is 9.75. The van der Waals surface area contributed by atoms with Crippen molar-refractivity contribution in [3.8, 4) is 0 Å². The molecule has 3 rings (SSSR count). The molecule has 0 saturated carbocycles. The number of aliphatic hydroxyl groups is 1. The molecule has 0 spiro atoms. The third kappa shape index (κ3) is 2.47. The summed E-state index contributed by atoms with van der Waals surface area (Å²) >= 11 is 1.40. The van der Waals surface area contributed by atoms with Crippen molar-refractivity contribution < 1.29 is 9.52 Å². The third-order valence-electron chi connectivity index (χ3n) is 2.93. The average Bonchev–Trinajstić information content (AvgIpc) is 3.02. The molecule has 3 aromatic rings. The number of aromatic nitrogens is 1. The number of fused-ring (bicyclic) bond motifs is 1. The number of aryl methyl sites for hydroxylation is 1. The van der Waals surface area contributed by atoms with Gasteiger partial charge in [0.2, 0.25) is 0 Å². The van der Waals surface area contributed by atoms with Crippen LogP contribution in [0.5, 0.6) is 0 Å². The molecule has 2 N–H and O–H groups in total. The fraction of sp³-hybridized carbons (Fsp3) is 0.214. The Morgan fingerprint density at radius 1 is 1.32 bits per heavy atom. The Hall–Kier alpha value is -1.85. The quantitative estimate of drug-likeness (QED) is 0.766. The highest BCUT2D eigenvalue weighted by Gasteiger charge is 2.12. The van der Waals surface area contributed by atoms with E-state index in [4.69, 9.17) is 4.42 Å². The Bertz CT molecular complexity index is 689. The second-order valence-corrected chi connectivity index (χ2v) is 5.15. The zero-order chi connectivity index (χ0) is 13.2. The van der Waals surface area contributed by atoms with Gasteiger partial charge in [-0.05, 0) is 42.7 Å². The van der Waals surface area contributed by atoms with Gasteiger partial charge in [-0.1, -0.05) is 12.1 Å². The Balaban J connectivity index is 1.72. The summed E-state index contributed by atoms with van der Waals surface area (Å²) in [5.41, 5.74) is 0.971. The first-order chi connectivity index (χ1) is 9.24. The highest BCUT2D eigenvalue weighted by Crippen LogP contribution is 2.28. The second kappa shape index (κ2) is 5.03. The van der Waals surface area contributed by atoms with E-state index < -0.39 is 6.10 Å². The van der Waals surface area contributed by atoms with Crippen LogP contribution >= 0.6 is 11.5 Å². The SMILES string of the molecule is Cc1ccc(C(O)CNc2snc3ccccc23)o1. The first-order valence-electron chi connectivity index (χ1n) is 6.07. The minimum absolute atomic E-state index is 0.402. The third-order valence-corrected chi connectivity index (χ3v) is 3.76. The highest BCUT2D eigenvalue weighted by atomic mass is 32.1. The molecule has 19 heavy (non-hydrogen) atoms. The van der Waals surface area contributed by atoms with Crippen molar-refractivity contribution in [3.63, 3.8) is 0 Å². The van der Waals surface area contributed by atoms with Crippen LogP contribution in [0.4, 0.5) is 5.00 Å². The molecular weight excluding hydrogens is 260 g/mol. The van der Waals surface area contributed by atoms with Crippen LogP contribution in [0, 0.1) is 6.92 Å². The number of anilines is 1. The van der Waals surface area contributed by atoms with Crippen LogP contribution in [0.25, 0.3) is 10.9 Å². The number of rotatable bonds is 4. The van der Waals surface area contributed by atoms with E-state index in [9.17, 15) is 5.11 Å². The molecule has 0 bridgehead atoms. The lowest BCUT2D eigenvalue weighted by Crippen LogP contribution is -2.10. The Morgan fingerprint density at radius 2 is 2.16 bits per heavy atom. The lowest BCUT2D eigenvalue weighted by Gasteiger charge is -2.09. The van der Waals surface area contributed by atoms with Crippen molar-refractivity contribution in [2.24, 2.45) is 0 Å². The van der Waals surface area contributed by atoms with E-state index >= 15 is 0 Å². The topological polar surface area (TPSA) is 58.3 Å². The highest BCUT2D eigenvalue weighted by molar-refractivity contribution is 7.11. The molecule has 0 fully saturated rings. The van der Waals surface area contributed by atoms with E-state index in [1.807, 2.05) is 37.3 Å². The monoisotopic (exact) mass is 274 g/mol. The Morgan fingerprint density at radius 3 is 2.95 bits per heavy atom. The molecule has 4 nitrogen and oxygen atoms in total. The largest absolute Gasteiger partial charge is 0.464 e. The molecule has 5 heteroatoms.